The number of alkyl halides is 3. The molecule has 7 heteroatoms. The maximum absolute atomic E-state index is 11.7. The molecule has 0 bridgehead atoms. The van der Waals surface area contributed by atoms with E-state index in [2.05, 4.69) is 5.32 Å². The SMILES string of the molecule is Cl.O=C(NCC(F)(F)F)[C@@H]1CCCCN1. The van der Waals surface area contributed by atoms with Gasteiger partial charge in [0.15, 0.2) is 0 Å². The van der Waals surface area contributed by atoms with Crippen LogP contribution in [0.1, 0.15) is 19.3 Å². The number of carbonyl (C=O) groups is 1. The van der Waals surface area contributed by atoms with E-state index in [1.807, 2.05) is 5.32 Å². The molecule has 0 aromatic carbocycles. The monoisotopic (exact) mass is 246 g/mol. The molecule has 15 heavy (non-hydrogen) atoms. The lowest BCUT2D eigenvalue weighted by Gasteiger charge is -2.22. The van der Waals surface area contributed by atoms with Crippen LogP contribution < -0.4 is 10.6 Å². The van der Waals surface area contributed by atoms with E-state index in [0.29, 0.717) is 13.0 Å². The van der Waals surface area contributed by atoms with Crippen molar-refractivity contribution in [3.8, 4) is 0 Å². The van der Waals surface area contributed by atoms with Gasteiger partial charge < -0.3 is 10.6 Å². The van der Waals surface area contributed by atoms with Crippen LogP contribution in [0.2, 0.25) is 0 Å². The molecule has 1 atom stereocenters. The average Bonchev–Trinajstić information content (AvgIpc) is 2.14. The quantitative estimate of drug-likeness (QED) is 0.770. The Labute approximate surface area is 92.2 Å². The van der Waals surface area contributed by atoms with Gasteiger partial charge >= 0.3 is 6.18 Å². The van der Waals surface area contributed by atoms with Gasteiger partial charge in [-0.15, -0.1) is 12.4 Å². The number of hydrogen-bond donors (Lipinski definition) is 2. The Kier molecular flexibility index (Phi) is 5.97. The highest BCUT2D eigenvalue weighted by Crippen LogP contribution is 2.13. The van der Waals surface area contributed by atoms with E-state index in [1.54, 1.807) is 0 Å². The van der Waals surface area contributed by atoms with Crippen LogP contribution in [0.4, 0.5) is 13.2 Å². The van der Waals surface area contributed by atoms with Gasteiger partial charge in [0.2, 0.25) is 5.91 Å². The minimum absolute atomic E-state index is 0. The van der Waals surface area contributed by atoms with Crippen molar-refractivity contribution in [2.75, 3.05) is 13.1 Å². The van der Waals surface area contributed by atoms with Gasteiger partial charge in [0, 0.05) is 0 Å². The van der Waals surface area contributed by atoms with Crippen LogP contribution in [0.25, 0.3) is 0 Å². The van der Waals surface area contributed by atoms with Gasteiger partial charge in [0.05, 0.1) is 6.04 Å². The van der Waals surface area contributed by atoms with E-state index in [4.69, 9.17) is 0 Å². The second kappa shape index (κ2) is 6.17. The lowest BCUT2D eigenvalue weighted by Crippen LogP contribution is -2.48. The third kappa shape index (κ3) is 5.84. The fraction of sp³-hybridized carbons (Fsp3) is 0.875. The first kappa shape index (κ1) is 14.5. The first-order valence-electron chi connectivity index (χ1n) is 4.57. The minimum atomic E-state index is -4.33. The van der Waals surface area contributed by atoms with Crippen LogP contribution in [0.15, 0.2) is 0 Å². The molecule has 1 aliphatic rings. The summed E-state index contributed by atoms with van der Waals surface area (Å²) >= 11 is 0. The van der Waals surface area contributed by atoms with Gasteiger partial charge in [-0.2, -0.15) is 13.2 Å². The summed E-state index contributed by atoms with van der Waals surface area (Å²) < 4.78 is 35.2. The molecular formula is C8H14ClF3N2O. The lowest BCUT2D eigenvalue weighted by molar-refractivity contribution is -0.139. The van der Waals surface area contributed by atoms with Crippen molar-refractivity contribution in [2.24, 2.45) is 0 Å². The molecule has 1 fully saturated rings. The van der Waals surface area contributed by atoms with Crippen molar-refractivity contribution >= 4 is 18.3 Å². The highest BCUT2D eigenvalue weighted by atomic mass is 35.5. The second-order valence-corrected chi connectivity index (χ2v) is 3.34. The lowest BCUT2D eigenvalue weighted by atomic mass is 10.0. The fourth-order valence-electron chi connectivity index (χ4n) is 1.39. The van der Waals surface area contributed by atoms with Gasteiger partial charge in [-0.25, -0.2) is 0 Å². The molecule has 0 aliphatic carbocycles. The van der Waals surface area contributed by atoms with E-state index in [1.165, 1.54) is 0 Å². The molecule has 3 nitrogen and oxygen atoms in total. The van der Waals surface area contributed by atoms with Crippen LogP contribution in [-0.4, -0.2) is 31.2 Å². The van der Waals surface area contributed by atoms with Crippen LogP contribution in [0, 0.1) is 0 Å². The van der Waals surface area contributed by atoms with Crippen LogP contribution in [0.3, 0.4) is 0 Å². The number of halogens is 4. The zero-order valence-electron chi connectivity index (χ0n) is 8.06. The van der Waals surface area contributed by atoms with Crippen molar-refractivity contribution in [3.05, 3.63) is 0 Å². The Morgan fingerprint density at radius 1 is 1.40 bits per heavy atom. The van der Waals surface area contributed by atoms with Crippen LogP contribution in [0.5, 0.6) is 0 Å². The summed E-state index contributed by atoms with van der Waals surface area (Å²) in [6.07, 6.45) is -1.85. The Hall–Kier alpha value is -0.490. The van der Waals surface area contributed by atoms with Gasteiger partial charge in [0.1, 0.15) is 6.54 Å². The molecule has 1 aliphatic heterocycles. The maximum Gasteiger partial charge on any atom is 0.405 e. The molecule has 1 amide bonds. The van der Waals surface area contributed by atoms with Crippen molar-refractivity contribution in [1.29, 1.82) is 0 Å². The van der Waals surface area contributed by atoms with Crippen molar-refractivity contribution < 1.29 is 18.0 Å². The summed E-state index contributed by atoms with van der Waals surface area (Å²) in [5, 5.41) is 4.74. The van der Waals surface area contributed by atoms with Gasteiger partial charge in [-0.3, -0.25) is 4.79 Å². The first-order chi connectivity index (χ1) is 6.49. The van der Waals surface area contributed by atoms with E-state index >= 15 is 0 Å². The summed E-state index contributed by atoms with van der Waals surface area (Å²) in [6, 6.07) is -0.453. The molecule has 1 rings (SSSR count). The van der Waals surface area contributed by atoms with E-state index < -0.39 is 24.7 Å². The summed E-state index contributed by atoms with van der Waals surface area (Å²) in [5.41, 5.74) is 0. The predicted molar refractivity (Wildman–Crippen MR) is 52.0 cm³/mol. The van der Waals surface area contributed by atoms with Crippen LogP contribution >= 0.6 is 12.4 Å². The molecule has 1 heterocycles. The van der Waals surface area contributed by atoms with E-state index in [0.717, 1.165) is 12.8 Å². The van der Waals surface area contributed by atoms with E-state index in [9.17, 15) is 18.0 Å². The van der Waals surface area contributed by atoms with Gasteiger partial charge in [0.25, 0.3) is 0 Å². The molecule has 0 unspecified atom stereocenters. The highest BCUT2D eigenvalue weighted by molar-refractivity contribution is 5.85. The zero-order valence-corrected chi connectivity index (χ0v) is 8.88. The van der Waals surface area contributed by atoms with E-state index in [-0.39, 0.29) is 12.4 Å². The maximum atomic E-state index is 11.7. The summed E-state index contributed by atoms with van der Waals surface area (Å²) in [7, 11) is 0. The molecule has 0 saturated carbocycles. The fourth-order valence-corrected chi connectivity index (χ4v) is 1.39. The molecule has 1 saturated heterocycles. The van der Waals surface area contributed by atoms with Crippen molar-refractivity contribution in [1.82, 2.24) is 10.6 Å². The number of hydrogen-bond acceptors (Lipinski definition) is 2. The second-order valence-electron chi connectivity index (χ2n) is 3.34. The Morgan fingerprint density at radius 2 is 2.07 bits per heavy atom. The molecule has 0 radical (unpaired) electrons. The standard InChI is InChI=1S/C8H13F3N2O.ClH/c9-8(10,11)5-13-7(14)6-3-1-2-4-12-6;/h6,12H,1-5H2,(H,13,14);1H/t6-;/m0./s1. The third-order valence-electron chi connectivity index (χ3n) is 2.09. The molecule has 0 aromatic rings. The van der Waals surface area contributed by atoms with Gasteiger partial charge in [-0.05, 0) is 19.4 Å². The Balaban J connectivity index is 0.00000196. The largest absolute Gasteiger partial charge is 0.405 e. The number of piperidine rings is 1. The number of rotatable bonds is 2. The summed E-state index contributed by atoms with van der Waals surface area (Å²) in [6.45, 7) is -0.548. The number of nitrogens with one attached hydrogen (secondary N) is 2. The normalized spacial score (nSPS) is 21.7. The molecule has 2 N–H and O–H groups in total. The third-order valence-corrected chi connectivity index (χ3v) is 2.09. The molecule has 0 aromatic heterocycles. The molecule has 90 valence electrons. The number of amides is 1. The Morgan fingerprint density at radius 3 is 2.53 bits per heavy atom. The highest BCUT2D eigenvalue weighted by Gasteiger charge is 2.29. The first-order valence-corrected chi connectivity index (χ1v) is 4.57. The molecular weight excluding hydrogens is 233 g/mol. The van der Waals surface area contributed by atoms with Crippen LogP contribution in [-0.2, 0) is 4.79 Å². The predicted octanol–water partition coefficient (Wildman–Crippen LogP) is 1.23. The van der Waals surface area contributed by atoms with Gasteiger partial charge in [-0.1, -0.05) is 6.42 Å². The van der Waals surface area contributed by atoms with Crippen molar-refractivity contribution in [2.45, 2.75) is 31.5 Å². The summed E-state index contributed by atoms with van der Waals surface area (Å²) in [5.74, 6) is -0.554. The zero-order chi connectivity index (χ0) is 10.6. The average molecular weight is 247 g/mol. The number of carbonyl (C=O) groups excluding carboxylic acids is 1. The Bertz CT molecular complexity index is 205. The minimum Gasteiger partial charge on any atom is -0.346 e. The topological polar surface area (TPSA) is 41.1 Å². The summed E-state index contributed by atoms with van der Waals surface area (Å²) in [4.78, 5) is 11.2. The molecule has 0 spiro atoms. The smallest absolute Gasteiger partial charge is 0.346 e. The van der Waals surface area contributed by atoms with Crippen molar-refractivity contribution in [3.63, 3.8) is 0 Å².